The molecule has 1 heterocycles. The second kappa shape index (κ2) is 21.0. The quantitative estimate of drug-likeness (QED) is 0.112. The zero-order chi connectivity index (χ0) is 38.1. The van der Waals surface area contributed by atoms with Crippen molar-refractivity contribution in [1.29, 1.82) is 0 Å². The Morgan fingerprint density at radius 2 is 1.71 bits per heavy atom. The molecule has 0 bridgehead atoms. The third-order valence-electron chi connectivity index (χ3n) is 8.32. The SMILES string of the molecule is C=C(/C=C\C=C/C)c1cc(C(N(CCC(NC(C)C)C(=O)NCCC(=O)NC(C)CCC(=O)O)C(=O)CO)C(C)(C)C)n(Cc2ccccc2)c1. The Morgan fingerprint density at radius 3 is 2.29 bits per heavy atom. The standard InChI is InChI=1S/C40H59N5O6/c1-9-10-12-15-29(4)32-24-34(44(26-32)25-31-16-13-11-14-17-31)38(40(6,7)8)45(36(48)27-46)23-21-33(42-28(2)3)39(51)41-22-20-35(47)43-30(5)18-19-37(49)50/h9-17,24,26,28,30,33,38,42,46H,4,18-23,25,27H2,1-3,5-8H3,(H,41,51)(H,43,47)(H,49,50)/b10-9-,15-12-. The fraction of sp³-hybridized carbons (Fsp3) is 0.500. The summed E-state index contributed by atoms with van der Waals surface area (Å²) >= 11 is 0. The second-order valence-electron chi connectivity index (χ2n) is 14.3. The minimum atomic E-state index is -0.926. The molecule has 2 aromatic rings. The summed E-state index contributed by atoms with van der Waals surface area (Å²) < 4.78 is 2.14. The Hall–Kier alpha value is -4.48. The van der Waals surface area contributed by atoms with Gasteiger partial charge in [0.15, 0.2) is 0 Å². The van der Waals surface area contributed by atoms with E-state index in [9.17, 15) is 24.3 Å². The average Bonchev–Trinajstić information content (AvgIpc) is 3.46. The van der Waals surface area contributed by atoms with Crippen molar-refractivity contribution in [1.82, 2.24) is 25.4 Å². The number of amides is 3. The fourth-order valence-electron chi connectivity index (χ4n) is 5.93. The van der Waals surface area contributed by atoms with E-state index in [1.54, 1.807) is 11.8 Å². The lowest BCUT2D eigenvalue weighted by molar-refractivity contribution is -0.140. The highest BCUT2D eigenvalue weighted by molar-refractivity contribution is 5.83. The highest BCUT2D eigenvalue weighted by Crippen LogP contribution is 2.40. The van der Waals surface area contributed by atoms with Gasteiger partial charge in [0.05, 0.1) is 12.1 Å². The lowest BCUT2D eigenvalue weighted by atomic mass is 9.82. The summed E-state index contributed by atoms with van der Waals surface area (Å²) in [7, 11) is 0. The van der Waals surface area contributed by atoms with Gasteiger partial charge in [0, 0.05) is 56.5 Å². The molecular formula is C40H59N5O6. The number of nitrogens with one attached hydrogen (secondary N) is 3. The van der Waals surface area contributed by atoms with Gasteiger partial charge in [-0.05, 0) is 54.9 Å². The van der Waals surface area contributed by atoms with Crippen LogP contribution in [-0.4, -0.2) is 81.2 Å². The van der Waals surface area contributed by atoms with Crippen LogP contribution in [0, 0.1) is 5.41 Å². The van der Waals surface area contributed by atoms with Gasteiger partial charge in [0.1, 0.15) is 6.61 Å². The van der Waals surface area contributed by atoms with Crippen LogP contribution >= 0.6 is 0 Å². The molecule has 11 heteroatoms. The normalized spacial score (nSPS) is 13.7. The summed E-state index contributed by atoms with van der Waals surface area (Å²) in [4.78, 5) is 52.0. The molecule has 0 fully saturated rings. The number of hydrogen-bond acceptors (Lipinski definition) is 6. The van der Waals surface area contributed by atoms with Crippen molar-refractivity contribution in [2.75, 3.05) is 19.7 Å². The van der Waals surface area contributed by atoms with Crippen LogP contribution in [0.5, 0.6) is 0 Å². The molecule has 3 amide bonds. The predicted octanol–water partition coefficient (Wildman–Crippen LogP) is 5.22. The number of allylic oxidation sites excluding steroid dienone is 5. The van der Waals surface area contributed by atoms with Crippen LogP contribution in [0.1, 0.15) is 97.0 Å². The molecule has 0 aliphatic rings. The Kier molecular flexibility index (Phi) is 17.6. The maximum absolute atomic E-state index is 13.6. The molecular weight excluding hydrogens is 646 g/mol. The summed E-state index contributed by atoms with van der Waals surface area (Å²) in [5.41, 5.74) is 3.21. The second-order valence-corrected chi connectivity index (χ2v) is 14.3. The van der Waals surface area contributed by atoms with E-state index in [1.807, 2.05) is 69.5 Å². The van der Waals surface area contributed by atoms with Gasteiger partial charge in [-0.1, -0.05) is 95.8 Å². The van der Waals surface area contributed by atoms with Crippen molar-refractivity contribution in [2.45, 2.75) is 105 Å². The number of carbonyl (C=O) groups is 4. The molecule has 1 aromatic carbocycles. The smallest absolute Gasteiger partial charge is 0.303 e. The van der Waals surface area contributed by atoms with Crippen LogP contribution < -0.4 is 16.0 Å². The monoisotopic (exact) mass is 705 g/mol. The first-order chi connectivity index (χ1) is 24.1. The molecule has 0 aliphatic heterocycles. The van der Waals surface area contributed by atoms with Gasteiger partial charge in [-0.2, -0.15) is 0 Å². The van der Waals surface area contributed by atoms with E-state index >= 15 is 0 Å². The number of carbonyl (C=O) groups excluding carboxylic acids is 3. The van der Waals surface area contributed by atoms with Crippen molar-refractivity contribution in [2.24, 2.45) is 5.41 Å². The summed E-state index contributed by atoms with van der Waals surface area (Å²) in [5, 5.41) is 28.0. The Bertz CT molecular complexity index is 1500. The topological polar surface area (TPSA) is 153 Å². The first kappa shape index (κ1) is 42.7. The largest absolute Gasteiger partial charge is 0.481 e. The van der Waals surface area contributed by atoms with Gasteiger partial charge in [-0.3, -0.25) is 19.2 Å². The van der Waals surface area contributed by atoms with E-state index in [2.05, 4.69) is 66.1 Å². The van der Waals surface area contributed by atoms with E-state index in [0.29, 0.717) is 13.0 Å². The molecule has 1 aromatic heterocycles. The van der Waals surface area contributed by atoms with Gasteiger partial charge in [0.2, 0.25) is 17.7 Å². The van der Waals surface area contributed by atoms with Crippen LogP contribution in [0.2, 0.25) is 0 Å². The highest BCUT2D eigenvalue weighted by atomic mass is 16.4. The molecule has 0 spiro atoms. The van der Waals surface area contributed by atoms with E-state index in [0.717, 1.165) is 22.4 Å². The summed E-state index contributed by atoms with van der Waals surface area (Å²) in [6, 6.07) is 10.6. The molecule has 3 atom stereocenters. The highest BCUT2D eigenvalue weighted by Gasteiger charge is 2.37. The number of nitrogens with zero attached hydrogens (tertiary/aromatic N) is 2. The fourth-order valence-corrected chi connectivity index (χ4v) is 5.93. The van der Waals surface area contributed by atoms with Gasteiger partial charge < -0.3 is 35.6 Å². The van der Waals surface area contributed by atoms with E-state index in [4.69, 9.17) is 5.11 Å². The zero-order valence-corrected chi connectivity index (χ0v) is 31.4. The molecule has 280 valence electrons. The number of aliphatic hydroxyl groups is 1. The first-order valence-electron chi connectivity index (χ1n) is 17.7. The minimum absolute atomic E-state index is 0.0364. The first-order valence-corrected chi connectivity index (χ1v) is 17.7. The van der Waals surface area contributed by atoms with Gasteiger partial charge >= 0.3 is 5.97 Å². The predicted molar refractivity (Wildman–Crippen MR) is 203 cm³/mol. The van der Waals surface area contributed by atoms with Crippen LogP contribution in [-0.2, 0) is 25.7 Å². The zero-order valence-electron chi connectivity index (χ0n) is 31.4. The molecule has 2 rings (SSSR count). The number of carboxylic acids is 1. The number of aliphatic hydroxyl groups excluding tert-OH is 1. The molecule has 3 unspecified atom stereocenters. The lowest BCUT2D eigenvalue weighted by Gasteiger charge is -2.41. The molecule has 0 saturated heterocycles. The van der Waals surface area contributed by atoms with E-state index in [-0.39, 0.29) is 56.3 Å². The number of benzene rings is 1. The van der Waals surface area contributed by atoms with Crippen molar-refractivity contribution >= 4 is 29.3 Å². The van der Waals surface area contributed by atoms with Gasteiger partial charge in [0.25, 0.3) is 0 Å². The number of aromatic nitrogens is 1. The van der Waals surface area contributed by atoms with Crippen molar-refractivity contribution in [3.63, 3.8) is 0 Å². The third-order valence-corrected chi connectivity index (χ3v) is 8.32. The lowest BCUT2D eigenvalue weighted by Crippen LogP contribution is -2.51. The molecule has 5 N–H and O–H groups in total. The number of hydrogen-bond donors (Lipinski definition) is 5. The van der Waals surface area contributed by atoms with Gasteiger partial charge in [-0.25, -0.2) is 0 Å². The number of carboxylic acid groups (broad SMARTS) is 1. The number of rotatable bonds is 21. The van der Waals surface area contributed by atoms with Crippen molar-refractivity contribution in [3.05, 3.63) is 90.3 Å². The molecule has 11 nitrogen and oxygen atoms in total. The Balaban J connectivity index is 2.38. The number of aliphatic carboxylic acids is 1. The maximum Gasteiger partial charge on any atom is 0.303 e. The van der Waals surface area contributed by atoms with Crippen LogP contribution in [0.4, 0.5) is 0 Å². The summed E-state index contributed by atoms with van der Waals surface area (Å²) in [6.45, 7) is 18.1. The van der Waals surface area contributed by atoms with Crippen LogP contribution in [0.3, 0.4) is 0 Å². The Morgan fingerprint density at radius 1 is 1.02 bits per heavy atom. The van der Waals surface area contributed by atoms with E-state index < -0.39 is 36.0 Å². The van der Waals surface area contributed by atoms with Crippen molar-refractivity contribution in [3.8, 4) is 0 Å². The van der Waals surface area contributed by atoms with Crippen LogP contribution in [0.15, 0.2) is 73.5 Å². The third kappa shape index (κ3) is 14.7. The average molecular weight is 706 g/mol. The molecule has 0 radical (unpaired) electrons. The van der Waals surface area contributed by atoms with Crippen LogP contribution in [0.25, 0.3) is 5.57 Å². The molecule has 51 heavy (non-hydrogen) atoms. The Labute approximate surface area is 303 Å². The summed E-state index contributed by atoms with van der Waals surface area (Å²) in [6.07, 6.45) is 10.4. The summed E-state index contributed by atoms with van der Waals surface area (Å²) in [5.74, 6) is -1.97. The van der Waals surface area contributed by atoms with Crippen molar-refractivity contribution < 1.29 is 29.4 Å². The molecule has 0 saturated carbocycles. The maximum atomic E-state index is 13.6. The molecule has 0 aliphatic carbocycles. The van der Waals surface area contributed by atoms with E-state index in [1.165, 1.54) is 0 Å². The van der Waals surface area contributed by atoms with Gasteiger partial charge in [-0.15, -0.1) is 0 Å². The minimum Gasteiger partial charge on any atom is -0.481 e.